The third-order valence-corrected chi connectivity index (χ3v) is 19.4. The fourth-order valence-corrected chi connectivity index (χ4v) is 13.1. The maximum atomic E-state index is 14.1. The van der Waals surface area contributed by atoms with E-state index in [4.69, 9.17) is 37.9 Å². The minimum Gasteiger partial charge on any atom is -0.394 e. The highest BCUT2D eigenvalue weighted by atomic mass is 16.7. The molecule has 4 rings (SSSR count). The zero-order valence-corrected chi connectivity index (χ0v) is 65.2. The first-order valence-corrected chi connectivity index (χ1v) is 39.1. The minimum atomic E-state index is -1.54. The van der Waals surface area contributed by atoms with E-state index in [1.165, 1.54) is 34.6 Å². The number of ketones is 1. The summed E-state index contributed by atoms with van der Waals surface area (Å²) >= 11 is 0. The van der Waals surface area contributed by atoms with E-state index >= 15 is 0 Å². The molecular formula is C72H126N10O31. The first-order valence-electron chi connectivity index (χ1n) is 39.1. The van der Waals surface area contributed by atoms with E-state index < -0.39 is 214 Å². The van der Waals surface area contributed by atoms with Gasteiger partial charge in [-0.05, 0) is 110 Å². The van der Waals surface area contributed by atoms with E-state index in [9.17, 15) is 114 Å². The van der Waals surface area contributed by atoms with Gasteiger partial charge in [0.2, 0.25) is 59.1 Å². The molecule has 4 aliphatic rings. The molecule has 4 aliphatic heterocycles. The number of hydrogen-bond acceptors (Lipinski definition) is 31. The minimum absolute atomic E-state index is 0.0244. The number of unbranched alkanes of at least 4 members (excludes halogenated alkanes) is 8. The van der Waals surface area contributed by atoms with Crippen LogP contribution in [0.4, 0.5) is 0 Å². The summed E-state index contributed by atoms with van der Waals surface area (Å²) < 4.78 is 45.3. The molecule has 113 heavy (non-hydrogen) atoms. The van der Waals surface area contributed by atoms with Crippen LogP contribution >= 0.6 is 0 Å². The van der Waals surface area contributed by atoms with Gasteiger partial charge in [-0.25, -0.2) is 0 Å². The number of aliphatic hydroxyl groups excluding tert-OH is 12. The lowest BCUT2D eigenvalue weighted by Gasteiger charge is -2.42. The SMILES string of the molecule is CC(=O)NC1C(OCCCCC(=O)NCCCCC(NC(=O)CCCCOC2OC(CO)C(O)C(O)C2NC(C)=O)C(=O)NCCCCCC(NC(=O)C(CCCCNC(=O)CCCCOC2OC(CO)C(O)C(O)C2NC(C)=O)NC(=O)CCCCOC2OC(CO)C(O)C(O)C2NC(C)=O)C(C)=O)OC(CO)C(O)C1O. The Morgan fingerprint density at radius 3 is 0.858 bits per heavy atom. The second-order valence-corrected chi connectivity index (χ2v) is 28.8. The molecule has 0 aliphatic carbocycles. The van der Waals surface area contributed by atoms with Crippen LogP contribution in [0.15, 0.2) is 0 Å². The molecule has 23 unspecified atom stereocenters. The molecule has 0 aromatic carbocycles. The third-order valence-electron chi connectivity index (χ3n) is 19.4. The summed E-state index contributed by atoms with van der Waals surface area (Å²) in [5.74, 6) is -5.20. The third kappa shape index (κ3) is 35.5. The first-order chi connectivity index (χ1) is 53.8. The van der Waals surface area contributed by atoms with Crippen molar-refractivity contribution >= 4 is 64.9 Å². The van der Waals surface area contributed by atoms with Crippen molar-refractivity contribution < 1.29 is 152 Å². The fourth-order valence-electron chi connectivity index (χ4n) is 13.1. The van der Waals surface area contributed by atoms with Gasteiger partial charge in [0.1, 0.15) is 109 Å². The summed E-state index contributed by atoms with van der Waals surface area (Å²) in [5.41, 5.74) is 0. The van der Waals surface area contributed by atoms with Crippen molar-refractivity contribution in [3.63, 3.8) is 0 Å². The van der Waals surface area contributed by atoms with Crippen molar-refractivity contribution in [2.45, 2.75) is 317 Å². The number of Topliss-reactive ketones (excluding diaryl/α,β-unsaturated/α-hetero) is 1. The molecule has 4 fully saturated rings. The van der Waals surface area contributed by atoms with Gasteiger partial charge in [-0.2, -0.15) is 0 Å². The van der Waals surface area contributed by atoms with E-state index in [2.05, 4.69) is 53.2 Å². The molecule has 0 radical (unpaired) electrons. The largest absolute Gasteiger partial charge is 0.394 e. The lowest BCUT2D eigenvalue weighted by atomic mass is 9.97. The Morgan fingerprint density at radius 2 is 0.566 bits per heavy atom. The molecule has 41 heteroatoms. The predicted octanol–water partition coefficient (Wildman–Crippen LogP) is -7.20. The van der Waals surface area contributed by atoms with Crippen molar-refractivity contribution in [2.75, 3.05) is 72.5 Å². The van der Waals surface area contributed by atoms with Gasteiger partial charge < -0.3 is 152 Å². The molecule has 23 atom stereocenters. The van der Waals surface area contributed by atoms with E-state index in [1.807, 2.05) is 0 Å². The number of hydrogen-bond donors (Lipinski definition) is 22. The monoisotopic (exact) mass is 1630 g/mol. The van der Waals surface area contributed by atoms with Crippen LogP contribution in [-0.4, -0.2) is 339 Å². The van der Waals surface area contributed by atoms with Gasteiger partial charge in [0.25, 0.3) is 0 Å². The van der Waals surface area contributed by atoms with Gasteiger partial charge in [-0.3, -0.25) is 52.7 Å². The number of ether oxygens (including phenoxy) is 8. The van der Waals surface area contributed by atoms with E-state index in [-0.39, 0.29) is 134 Å². The lowest BCUT2D eigenvalue weighted by Crippen LogP contribution is -2.64. The number of carbonyl (C=O) groups excluding carboxylic acids is 11. The zero-order chi connectivity index (χ0) is 83.7. The van der Waals surface area contributed by atoms with E-state index in [0.29, 0.717) is 70.6 Å². The molecule has 22 N–H and O–H groups in total. The lowest BCUT2D eigenvalue weighted by molar-refractivity contribution is -0.270. The molecular weight excluding hydrogens is 1500 g/mol. The Kier molecular flexibility index (Phi) is 47.0. The molecule has 650 valence electrons. The number of aliphatic hydroxyl groups is 12. The van der Waals surface area contributed by atoms with Crippen LogP contribution in [0.2, 0.25) is 0 Å². The van der Waals surface area contributed by atoms with Gasteiger partial charge in [0.15, 0.2) is 30.9 Å². The Balaban J connectivity index is 1.31. The molecule has 10 amide bonds. The maximum Gasteiger partial charge on any atom is 0.243 e. The topological polar surface area (TPSA) is 625 Å². The molecule has 4 saturated heterocycles. The molecule has 41 nitrogen and oxygen atoms in total. The highest BCUT2D eigenvalue weighted by molar-refractivity contribution is 5.92. The van der Waals surface area contributed by atoms with Crippen molar-refractivity contribution in [3.8, 4) is 0 Å². The van der Waals surface area contributed by atoms with Crippen molar-refractivity contribution in [1.29, 1.82) is 0 Å². The second kappa shape index (κ2) is 53.7. The zero-order valence-electron chi connectivity index (χ0n) is 65.2. The summed E-state index contributed by atoms with van der Waals surface area (Å²) in [6.07, 6.45) is -16.0. The summed E-state index contributed by atoms with van der Waals surface area (Å²) in [6.45, 7) is 4.18. The molecule has 0 saturated carbocycles. The van der Waals surface area contributed by atoms with Crippen LogP contribution in [0.5, 0.6) is 0 Å². The normalized spacial score (nSPS) is 28.4. The van der Waals surface area contributed by atoms with Gasteiger partial charge in [-0.1, -0.05) is 12.8 Å². The smallest absolute Gasteiger partial charge is 0.243 e. The highest BCUT2D eigenvalue weighted by Crippen LogP contribution is 2.27. The van der Waals surface area contributed by atoms with Crippen LogP contribution in [0, 0.1) is 0 Å². The first kappa shape index (κ1) is 98.9. The summed E-state index contributed by atoms with van der Waals surface area (Å²) in [6, 6.07) is -7.74. The highest BCUT2D eigenvalue weighted by Gasteiger charge is 2.49. The average molecular weight is 1630 g/mol. The number of nitrogens with one attached hydrogen (secondary N) is 10. The standard InChI is InChI=1S/C72H126N10O31/c1-39(87)44(82-68(105)46(81-54(95)27-13-20-34-109-72-58(79-43(5)91)66(103)62(99)50(38-86)113-72)23-9-16-29-74-52(93)25-11-18-32-107-70-56(77-41(3)89)64(101)60(97)48(36-84)111-70)21-7-6-14-30-75-67(104)45(80-53(94)26-12-19-33-108-71-57(78-42(4)90)65(102)61(98)49(37-85)112-71)22-8-15-28-73-51(92)24-10-17-31-106-69-55(76-40(2)88)63(100)59(96)47(35-83)110-69/h44-50,55-66,69-72,83-86,96-103H,6-38H2,1-5H3,(H,73,92)(H,74,93)(H,75,104)(H,76,88)(H,77,89)(H,78,90)(H,79,91)(H,80,94)(H,81,95)(H,82,105). The van der Waals surface area contributed by atoms with Gasteiger partial charge in [0, 0.05) is 99.4 Å². The summed E-state index contributed by atoms with van der Waals surface area (Å²) in [7, 11) is 0. The van der Waals surface area contributed by atoms with Crippen LogP contribution in [0.25, 0.3) is 0 Å². The van der Waals surface area contributed by atoms with Crippen molar-refractivity contribution in [3.05, 3.63) is 0 Å². The van der Waals surface area contributed by atoms with Crippen molar-refractivity contribution in [1.82, 2.24) is 53.2 Å². The predicted molar refractivity (Wildman–Crippen MR) is 392 cm³/mol. The van der Waals surface area contributed by atoms with Crippen LogP contribution in [-0.2, 0) is 90.6 Å². The van der Waals surface area contributed by atoms with Crippen LogP contribution in [0.1, 0.15) is 176 Å². The van der Waals surface area contributed by atoms with Crippen molar-refractivity contribution in [2.24, 2.45) is 0 Å². The van der Waals surface area contributed by atoms with Crippen LogP contribution < -0.4 is 53.2 Å². The second-order valence-electron chi connectivity index (χ2n) is 28.8. The molecule has 0 aromatic rings. The van der Waals surface area contributed by atoms with Gasteiger partial charge >= 0.3 is 0 Å². The molecule has 0 bridgehead atoms. The van der Waals surface area contributed by atoms with Gasteiger partial charge in [0.05, 0.1) is 32.5 Å². The van der Waals surface area contributed by atoms with E-state index in [1.54, 1.807) is 0 Å². The quantitative estimate of drug-likeness (QED) is 0.0252. The Hall–Kier alpha value is -6.43. The number of amides is 10. The van der Waals surface area contributed by atoms with E-state index in [0.717, 1.165) is 0 Å². The molecule has 0 aromatic heterocycles. The Bertz CT molecular complexity index is 2900. The fraction of sp³-hybridized carbons (Fsp3) is 0.847. The van der Waals surface area contributed by atoms with Gasteiger partial charge in [-0.15, -0.1) is 0 Å². The average Bonchev–Trinajstić information content (AvgIpc) is 0.826. The molecule has 0 spiro atoms. The summed E-state index contributed by atoms with van der Waals surface area (Å²) in [5, 5.41) is 149. The maximum absolute atomic E-state index is 14.1. The Labute approximate surface area is 656 Å². The van der Waals surface area contributed by atoms with Crippen LogP contribution in [0.3, 0.4) is 0 Å². The number of carbonyl (C=O) groups is 11. The molecule has 4 heterocycles. The summed E-state index contributed by atoms with van der Waals surface area (Å²) in [4.78, 5) is 141. The Morgan fingerprint density at radius 1 is 0.301 bits per heavy atom. The number of rotatable bonds is 54.